The summed E-state index contributed by atoms with van der Waals surface area (Å²) in [6.45, 7) is 3.72. The minimum absolute atomic E-state index is 0.0251. The molecule has 4 N–H and O–H groups in total. The Kier molecular flexibility index (Phi) is 5.75. The van der Waals surface area contributed by atoms with Crippen LogP contribution in [0.2, 0.25) is 0 Å². The van der Waals surface area contributed by atoms with E-state index in [9.17, 15) is 9.90 Å². The lowest BCUT2D eigenvalue weighted by atomic mass is 10.00. The summed E-state index contributed by atoms with van der Waals surface area (Å²) in [7, 11) is 0. The van der Waals surface area contributed by atoms with Crippen LogP contribution in [-0.2, 0) is 6.61 Å². The van der Waals surface area contributed by atoms with Crippen LogP contribution in [0.1, 0.15) is 49.8 Å². The molecule has 0 aliphatic heterocycles. The van der Waals surface area contributed by atoms with Gasteiger partial charge in [0.15, 0.2) is 0 Å². The molecule has 1 fully saturated rings. The highest BCUT2D eigenvalue weighted by atomic mass is 19.1. The van der Waals surface area contributed by atoms with Crippen LogP contribution in [0.25, 0.3) is 50.0 Å². The number of aliphatic hydroxyl groups excluding tert-OH is 1. The third-order valence-corrected chi connectivity index (χ3v) is 7.80. The molecule has 41 heavy (non-hydrogen) atoms. The number of halogens is 1. The standard InChI is InChI=1S/C31H28FN7O2/c1-16(2)39-14-20(13-34-39)25-12-22-28(36-31(33)37-29(22)35-25)21-4-3-5-26(23(21)15-40)38-9-8-18-10-19(17-6-7-17)11-24(32)27(18)30(38)41/h3-5,8-14,16-17,40H,6-7,15H2,1-2H3,(H3,33,35,36,37). The largest absolute Gasteiger partial charge is 0.392 e. The van der Waals surface area contributed by atoms with Gasteiger partial charge in [-0.2, -0.15) is 10.1 Å². The third-order valence-electron chi connectivity index (χ3n) is 7.80. The second-order valence-electron chi connectivity index (χ2n) is 10.9. The van der Waals surface area contributed by atoms with Crippen LogP contribution in [0.3, 0.4) is 0 Å². The van der Waals surface area contributed by atoms with Crippen LogP contribution in [0.5, 0.6) is 0 Å². The first-order chi connectivity index (χ1) is 19.8. The SMILES string of the molecule is CC(C)n1cc(-c2cc3c(-c4cccc(-n5ccc6cc(C7CC7)cc(F)c6c5=O)c4CO)nc(N)nc3[nH]2)cn1. The fourth-order valence-electron chi connectivity index (χ4n) is 5.53. The maximum Gasteiger partial charge on any atom is 0.265 e. The lowest BCUT2D eigenvalue weighted by Crippen LogP contribution is -2.20. The summed E-state index contributed by atoms with van der Waals surface area (Å²) in [5.41, 5.74) is 10.7. The molecule has 0 amide bonds. The van der Waals surface area contributed by atoms with Crippen molar-refractivity contribution in [2.75, 3.05) is 5.73 Å². The molecule has 1 aliphatic rings. The average molecular weight is 550 g/mol. The average Bonchev–Trinajstić information content (AvgIpc) is 3.52. The highest BCUT2D eigenvalue weighted by Crippen LogP contribution is 2.41. The number of nitrogens with one attached hydrogen (secondary N) is 1. The highest BCUT2D eigenvalue weighted by Gasteiger charge is 2.25. The maximum absolute atomic E-state index is 15.2. The molecule has 4 heterocycles. The van der Waals surface area contributed by atoms with Gasteiger partial charge in [-0.1, -0.05) is 18.2 Å². The van der Waals surface area contributed by atoms with Crippen LogP contribution >= 0.6 is 0 Å². The fourth-order valence-corrected chi connectivity index (χ4v) is 5.53. The molecular weight excluding hydrogens is 521 g/mol. The molecule has 6 aromatic rings. The number of nitrogens with two attached hydrogens (primary N) is 1. The van der Waals surface area contributed by atoms with Crippen LogP contribution in [0.15, 0.2) is 65.8 Å². The van der Waals surface area contributed by atoms with E-state index in [-0.39, 0.29) is 24.0 Å². The number of nitrogens with zero attached hydrogens (tertiary/aromatic N) is 5. The van der Waals surface area contributed by atoms with Crippen LogP contribution < -0.4 is 11.3 Å². The number of anilines is 1. The number of hydrogen-bond donors (Lipinski definition) is 3. The first kappa shape index (κ1) is 25.2. The Morgan fingerprint density at radius 2 is 2.00 bits per heavy atom. The van der Waals surface area contributed by atoms with Crippen molar-refractivity contribution in [2.24, 2.45) is 0 Å². The summed E-state index contributed by atoms with van der Waals surface area (Å²) in [5, 5.41) is 16.3. The molecule has 0 bridgehead atoms. The number of pyridine rings is 1. The lowest BCUT2D eigenvalue weighted by molar-refractivity contribution is 0.282. The van der Waals surface area contributed by atoms with Gasteiger partial charge >= 0.3 is 0 Å². The van der Waals surface area contributed by atoms with Gasteiger partial charge in [0.1, 0.15) is 11.5 Å². The number of H-pyrrole nitrogens is 1. The molecule has 9 nitrogen and oxygen atoms in total. The van der Waals surface area contributed by atoms with E-state index in [1.54, 1.807) is 30.6 Å². The van der Waals surface area contributed by atoms with E-state index in [4.69, 9.17) is 5.73 Å². The Bertz CT molecular complexity index is 2030. The van der Waals surface area contributed by atoms with E-state index < -0.39 is 11.4 Å². The zero-order chi connectivity index (χ0) is 28.4. The fraction of sp³-hybridized carbons (Fsp3) is 0.226. The van der Waals surface area contributed by atoms with Crippen molar-refractivity contribution in [3.05, 3.63) is 88.4 Å². The zero-order valence-electron chi connectivity index (χ0n) is 22.6. The number of aliphatic hydroxyl groups is 1. The molecule has 0 atom stereocenters. The van der Waals surface area contributed by atoms with E-state index in [1.165, 1.54) is 10.6 Å². The number of hydrogen-bond acceptors (Lipinski definition) is 6. The van der Waals surface area contributed by atoms with Crippen molar-refractivity contribution >= 4 is 27.8 Å². The quantitative estimate of drug-likeness (QED) is 0.253. The Labute approximate surface area is 234 Å². The van der Waals surface area contributed by atoms with Gasteiger partial charge in [0, 0.05) is 40.5 Å². The first-order valence-electron chi connectivity index (χ1n) is 13.6. The Morgan fingerprint density at radius 1 is 1.17 bits per heavy atom. The topological polar surface area (TPSA) is 128 Å². The number of nitrogen functional groups attached to an aromatic ring is 1. The van der Waals surface area contributed by atoms with Gasteiger partial charge in [0.2, 0.25) is 5.95 Å². The molecule has 10 heteroatoms. The zero-order valence-corrected chi connectivity index (χ0v) is 22.6. The molecule has 1 aliphatic carbocycles. The van der Waals surface area contributed by atoms with Crippen LogP contribution in [0.4, 0.5) is 10.3 Å². The molecule has 4 aromatic heterocycles. The smallest absolute Gasteiger partial charge is 0.265 e. The summed E-state index contributed by atoms with van der Waals surface area (Å²) in [6, 6.07) is 12.6. The van der Waals surface area contributed by atoms with E-state index in [2.05, 4.69) is 33.9 Å². The van der Waals surface area contributed by atoms with E-state index in [0.717, 1.165) is 29.7 Å². The maximum atomic E-state index is 15.2. The second-order valence-corrected chi connectivity index (χ2v) is 10.9. The Hall–Kier alpha value is -4.83. The molecule has 0 spiro atoms. The molecular formula is C31H28FN7O2. The predicted molar refractivity (Wildman–Crippen MR) is 156 cm³/mol. The summed E-state index contributed by atoms with van der Waals surface area (Å²) in [6.07, 6.45) is 7.44. The summed E-state index contributed by atoms with van der Waals surface area (Å²) in [5.74, 6) is -0.104. The van der Waals surface area contributed by atoms with Crippen molar-refractivity contribution in [2.45, 2.75) is 45.3 Å². The van der Waals surface area contributed by atoms with Crippen molar-refractivity contribution in [1.29, 1.82) is 0 Å². The monoisotopic (exact) mass is 549 g/mol. The number of aromatic nitrogens is 6. The molecule has 0 radical (unpaired) electrons. The molecule has 1 saturated carbocycles. The molecule has 2 aromatic carbocycles. The lowest BCUT2D eigenvalue weighted by Gasteiger charge is -2.16. The summed E-state index contributed by atoms with van der Waals surface area (Å²) in [4.78, 5) is 25.9. The molecule has 206 valence electrons. The molecule has 0 unspecified atom stereocenters. The predicted octanol–water partition coefficient (Wildman–Crippen LogP) is 5.46. The van der Waals surface area contributed by atoms with Crippen molar-refractivity contribution < 1.29 is 9.50 Å². The normalized spacial score (nSPS) is 13.6. The summed E-state index contributed by atoms with van der Waals surface area (Å²) >= 11 is 0. The van der Waals surface area contributed by atoms with Gasteiger partial charge in [-0.05, 0) is 67.8 Å². The van der Waals surface area contributed by atoms with E-state index in [0.29, 0.717) is 44.8 Å². The molecule has 7 rings (SSSR count). The minimum Gasteiger partial charge on any atom is -0.392 e. The Balaban J connectivity index is 1.39. The highest BCUT2D eigenvalue weighted by molar-refractivity contribution is 5.96. The third kappa shape index (κ3) is 4.18. The van der Waals surface area contributed by atoms with E-state index in [1.807, 2.05) is 29.1 Å². The number of aromatic amines is 1. The number of benzene rings is 2. The van der Waals surface area contributed by atoms with E-state index >= 15 is 4.39 Å². The van der Waals surface area contributed by atoms with Gasteiger partial charge in [0.25, 0.3) is 5.56 Å². The first-order valence-corrected chi connectivity index (χ1v) is 13.6. The number of rotatable bonds is 6. The van der Waals surface area contributed by atoms with Gasteiger partial charge in [-0.25, -0.2) is 9.37 Å². The van der Waals surface area contributed by atoms with Gasteiger partial charge in [0.05, 0.1) is 35.3 Å². The molecule has 0 saturated heterocycles. The Morgan fingerprint density at radius 3 is 2.73 bits per heavy atom. The number of fused-ring (bicyclic) bond motifs is 2. The summed E-state index contributed by atoms with van der Waals surface area (Å²) < 4.78 is 18.5. The van der Waals surface area contributed by atoms with Gasteiger partial charge in [-0.15, -0.1) is 0 Å². The van der Waals surface area contributed by atoms with Crippen LogP contribution in [0, 0.1) is 5.82 Å². The van der Waals surface area contributed by atoms with Crippen molar-refractivity contribution in [1.82, 2.24) is 29.3 Å². The van der Waals surface area contributed by atoms with Crippen molar-refractivity contribution in [3.63, 3.8) is 0 Å². The van der Waals surface area contributed by atoms with Crippen LogP contribution in [-0.4, -0.2) is 34.4 Å². The van der Waals surface area contributed by atoms with Gasteiger partial charge < -0.3 is 15.8 Å². The minimum atomic E-state index is -0.531. The second kappa shape index (κ2) is 9.38. The van der Waals surface area contributed by atoms with Crippen molar-refractivity contribution in [3.8, 4) is 28.2 Å². The van der Waals surface area contributed by atoms with Gasteiger partial charge in [-0.3, -0.25) is 14.0 Å².